The van der Waals surface area contributed by atoms with Gasteiger partial charge in [0.2, 0.25) is 0 Å². The molecule has 0 saturated heterocycles. The largest absolute Gasteiger partial charge is 0.505 e. The molecule has 1 N–H and O–H groups in total. The minimum absolute atomic E-state index is 0.0463. The molecule has 0 fully saturated rings. The SMILES string of the molecule is O=Cc1cncc(O)c1Cl. The van der Waals surface area contributed by atoms with Crippen molar-refractivity contribution in [3.63, 3.8) is 0 Å². The number of hydrogen-bond acceptors (Lipinski definition) is 3. The number of nitrogens with zero attached hydrogens (tertiary/aromatic N) is 1. The molecule has 0 aliphatic heterocycles. The Labute approximate surface area is 62.3 Å². The van der Waals surface area contributed by atoms with Crippen LogP contribution >= 0.6 is 11.6 Å². The maximum absolute atomic E-state index is 10.1. The van der Waals surface area contributed by atoms with E-state index >= 15 is 0 Å². The van der Waals surface area contributed by atoms with Gasteiger partial charge in [0.05, 0.1) is 16.8 Å². The molecule has 3 nitrogen and oxygen atoms in total. The van der Waals surface area contributed by atoms with Crippen molar-refractivity contribution in [3.05, 3.63) is 23.0 Å². The lowest BCUT2D eigenvalue weighted by molar-refractivity contribution is 0.112. The van der Waals surface area contributed by atoms with Gasteiger partial charge in [0.15, 0.2) is 12.0 Å². The van der Waals surface area contributed by atoms with Gasteiger partial charge in [0.1, 0.15) is 0 Å². The number of aldehydes is 1. The summed E-state index contributed by atoms with van der Waals surface area (Å²) in [6.07, 6.45) is 3.00. The Kier molecular flexibility index (Phi) is 1.87. The third kappa shape index (κ3) is 1.09. The Morgan fingerprint density at radius 1 is 1.60 bits per heavy atom. The van der Waals surface area contributed by atoms with Gasteiger partial charge in [-0.25, -0.2) is 0 Å². The number of aromatic nitrogens is 1. The monoisotopic (exact) mass is 157 g/mol. The molecule has 0 aliphatic carbocycles. The van der Waals surface area contributed by atoms with Crippen LogP contribution in [-0.4, -0.2) is 16.4 Å². The van der Waals surface area contributed by atoms with Crippen LogP contribution in [0.5, 0.6) is 5.75 Å². The van der Waals surface area contributed by atoms with E-state index in [9.17, 15) is 4.79 Å². The minimum atomic E-state index is -0.175. The van der Waals surface area contributed by atoms with E-state index in [1.165, 1.54) is 12.4 Å². The standard InChI is InChI=1S/C6H4ClNO2/c7-6-4(3-9)1-8-2-5(6)10/h1-3,10H. The van der Waals surface area contributed by atoms with Gasteiger partial charge in [-0.1, -0.05) is 11.6 Å². The lowest BCUT2D eigenvalue weighted by atomic mass is 10.3. The highest BCUT2D eigenvalue weighted by Gasteiger charge is 2.02. The van der Waals surface area contributed by atoms with E-state index < -0.39 is 0 Å². The van der Waals surface area contributed by atoms with Crippen molar-refractivity contribution in [3.8, 4) is 5.75 Å². The number of rotatable bonds is 1. The van der Waals surface area contributed by atoms with Crippen molar-refractivity contribution >= 4 is 17.9 Å². The van der Waals surface area contributed by atoms with Gasteiger partial charge in [-0.2, -0.15) is 0 Å². The number of carbonyl (C=O) groups is 1. The van der Waals surface area contributed by atoms with Crippen LogP contribution in [0, 0.1) is 0 Å². The fourth-order valence-electron chi connectivity index (χ4n) is 0.532. The van der Waals surface area contributed by atoms with Crippen molar-refractivity contribution in [2.75, 3.05) is 0 Å². The van der Waals surface area contributed by atoms with Gasteiger partial charge in [0, 0.05) is 6.20 Å². The molecule has 52 valence electrons. The summed E-state index contributed by atoms with van der Waals surface area (Å²) in [5.41, 5.74) is 0.196. The summed E-state index contributed by atoms with van der Waals surface area (Å²) in [5.74, 6) is -0.175. The number of carbonyl (C=O) groups excluding carboxylic acids is 1. The molecule has 0 atom stereocenters. The topological polar surface area (TPSA) is 50.2 Å². The van der Waals surface area contributed by atoms with Crippen LogP contribution in [0.4, 0.5) is 0 Å². The molecule has 0 amide bonds. The molecule has 0 unspecified atom stereocenters. The molecule has 1 aromatic heterocycles. The summed E-state index contributed by atoms with van der Waals surface area (Å²) in [5, 5.41) is 8.92. The average Bonchev–Trinajstić information content (AvgIpc) is 1.95. The van der Waals surface area contributed by atoms with E-state index in [2.05, 4.69) is 4.98 Å². The predicted octanol–water partition coefficient (Wildman–Crippen LogP) is 1.25. The summed E-state index contributed by atoms with van der Waals surface area (Å²) in [6, 6.07) is 0. The highest BCUT2D eigenvalue weighted by molar-refractivity contribution is 6.34. The lowest BCUT2D eigenvalue weighted by Crippen LogP contribution is -1.83. The van der Waals surface area contributed by atoms with Gasteiger partial charge < -0.3 is 5.11 Å². The Bertz CT molecular complexity index is 262. The molecule has 0 radical (unpaired) electrons. The van der Waals surface area contributed by atoms with Gasteiger partial charge in [0.25, 0.3) is 0 Å². The zero-order valence-electron chi connectivity index (χ0n) is 4.91. The number of hydrogen-bond donors (Lipinski definition) is 1. The van der Waals surface area contributed by atoms with E-state index in [4.69, 9.17) is 16.7 Å². The molecule has 1 heterocycles. The first-order valence-corrected chi connectivity index (χ1v) is 2.91. The molecule has 1 aromatic rings. The molecule has 0 aliphatic rings. The summed E-state index contributed by atoms with van der Waals surface area (Å²) >= 11 is 5.47. The van der Waals surface area contributed by atoms with Crippen molar-refractivity contribution in [2.45, 2.75) is 0 Å². The van der Waals surface area contributed by atoms with E-state index in [0.717, 1.165) is 0 Å². The summed E-state index contributed by atoms with van der Waals surface area (Å²) in [6.45, 7) is 0. The summed E-state index contributed by atoms with van der Waals surface area (Å²) < 4.78 is 0. The van der Waals surface area contributed by atoms with Crippen LogP contribution in [0.2, 0.25) is 5.02 Å². The number of aromatic hydroxyl groups is 1. The van der Waals surface area contributed by atoms with Crippen LogP contribution in [0.1, 0.15) is 10.4 Å². The van der Waals surface area contributed by atoms with Gasteiger partial charge in [-0.15, -0.1) is 0 Å². The maximum atomic E-state index is 10.1. The molecule has 4 heteroatoms. The van der Waals surface area contributed by atoms with Crippen LogP contribution < -0.4 is 0 Å². The normalized spacial score (nSPS) is 9.30. The van der Waals surface area contributed by atoms with Crippen molar-refractivity contribution in [2.24, 2.45) is 0 Å². The maximum Gasteiger partial charge on any atom is 0.153 e. The third-order valence-corrected chi connectivity index (χ3v) is 1.43. The Balaban J connectivity index is 3.27. The van der Waals surface area contributed by atoms with Gasteiger partial charge in [-0.05, 0) is 0 Å². The van der Waals surface area contributed by atoms with Crippen molar-refractivity contribution in [1.29, 1.82) is 0 Å². The zero-order chi connectivity index (χ0) is 7.56. The first-order chi connectivity index (χ1) is 4.75. The van der Waals surface area contributed by atoms with E-state index in [-0.39, 0.29) is 16.3 Å². The van der Waals surface area contributed by atoms with Gasteiger partial charge in [-0.3, -0.25) is 9.78 Å². The summed E-state index contributed by atoms with van der Waals surface area (Å²) in [4.78, 5) is 13.7. The first-order valence-electron chi connectivity index (χ1n) is 2.53. The number of pyridine rings is 1. The smallest absolute Gasteiger partial charge is 0.153 e. The van der Waals surface area contributed by atoms with Gasteiger partial charge >= 0.3 is 0 Å². The van der Waals surface area contributed by atoms with E-state index in [1.807, 2.05) is 0 Å². The van der Waals surface area contributed by atoms with Crippen molar-refractivity contribution in [1.82, 2.24) is 4.98 Å². The predicted molar refractivity (Wildman–Crippen MR) is 36.3 cm³/mol. The summed E-state index contributed by atoms with van der Waals surface area (Å²) in [7, 11) is 0. The van der Waals surface area contributed by atoms with Crippen LogP contribution in [0.25, 0.3) is 0 Å². The molecule has 1 rings (SSSR count). The Morgan fingerprint density at radius 2 is 2.30 bits per heavy atom. The molecule has 10 heavy (non-hydrogen) atoms. The molecule has 0 saturated carbocycles. The third-order valence-electron chi connectivity index (χ3n) is 1.02. The second-order valence-corrected chi connectivity index (χ2v) is 2.06. The van der Waals surface area contributed by atoms with Crippen molar-refractivity contribution < 1.29 is 9.90 Å². The van der Waals surface area contributed by atoms with E-state index in [0.29, 0.717) is 6.29 Å². The second kappa shape index (κ2) is 2.66. The average molecular weight is 158 g/mol. The lowest BCUT2D eigenvalue weighted by Gasteiger charge is -1.95. The molecular formula is C6H4ClNO2. The highest BCUT2D eigenvalue weighted by atomic mass is 35.5. The fraction of sp³-hybridized carbons (Fsp3) is 0. The first kappa shape index (κ1) is 7.02. The second-order valence-electron chi connectivity index (χ2n) is 1.68. The van der Waals surface area contributed by atoms with Crippen LogP contribution in [-0.2, 0) is 0 Å². The molecule has 0 bridgehead atoms. The minimum Gasteiger partial charge on any atom is -0.505 e. The molecule has 0 spiro atoms. The molecule has 0 aromatic carbocycles. The Hall–Kier alpha value is -1.09. The Morgan fingerprint density at radius 3 is 2.80 bits per heavy atom. The zero-order valence-corrected chi connectivity index (χ0v) is 5.67. The quantitative estimate of drug-likeness (QED) is 0.625. The number of halogens is 1. The van der Waals surface area contributed by atoms with Crippen LogP contribution in [0.15, 0.2) is 12.4 Å². The van der Waals surface area contributed by atoms with Crippen LogP contribution in [0.3, 0.4) is 0 Å². The molecular weight excluding hydrogens is 154 g/mol. The highest BCUT2D eigenvalue weighted by Crippen LogP contribution is 2.23. The van der Waals surface area contributed by atoms with E-state index in [1.54, 1.807) is 0 Å². The fourth-order valence-corrected chi connectivity index (χ4v) is 0.674.